The van der Waals surface area contributed by atoms with Gasteiger partial charge in [-0.25, -0.2) is 4.39 Å². The van der Waals surface area contributed by atoms with Gasteiger partial charge in [-0.15, -0.1) is 10.2 Å². The first-order valence-electron chi connectivity index (χ1n) is 10.7. The third-order valence-electron chi connectivity index (χ3n) is 6.38. The van der Waals surface area contributed by atoms with E-state index in [1.54, 1.807) is 6.07 Å². The smallest absolute Gasteiger partial charge is 0.172 e. The van der Waals surface area contributed by atoms with Gasteiger partial charge in [-0.3, -0.25) is 9.58 Å². The Morgan fingerprint density at radius 1 is 1.22 bits per heavy atom. The van der Waals surface area contributed by atoms with E-state index in [-0.39, 0.29) is 17.2 Å². The number of rotatable bonds is 4. The SMILES string of the molecule is CC(c1c(Cl)ccc(F)c1Cl)N1CCNc2nnc(-c3cnn(C4CCCN4C)c3)cc21. The van der Waals surface area contributed by atoms with Crippen molar-refractivity contribution in [1.82, 2.24) is 24.9 Å². The molecule has 5 rings (SSSR count). The summed E-state index contributed by atoms with van der Waals surface area (Å²) in [4.78, 5) is 4.43. The van der Waals surface area contributed by atoms with E-state index in [4.69, 9.17) is 23.2 Å². The number of nitrogens with zero attached hydrogens (tertiary/aromatic N) is 6. The highest BCUT2D eigenvalue weighted by Crippen LogP contribution is 2.40. The van der Waals surface area contributed by atoms with Gasteiger partial charge >= 0.3 is 0 Å². The first-order valence-corrected chi connectivity index (χ1v) is 11.5. The van der Waals surface area contributed by atoms with Crippen LogP contribution in [0, 0.1) is 5.82 Å². The molecular weight excluding hydrogens is 452 g/mol. The summed E-state index contributed by atoms with van der Waals surface area (Å²) in [6.45, 7) is 4.41. The predicted molar refractivity (Wildman–Crippen MR) is 125 cm³/mol. The van der Waals surface area contributed by atoms with Gasteiger partial charge in [-0.05, 0) is 51.6 Å². The summed E-state index contributed by atoms with van der Waals surface area (Å²) in [7, 11) is 2.12. The van der Waals surface area contributed by atoms with Crippen molar-refractivity contribution >= 4 is 34.7 Å². The first-order chi connectivity index (χ1) is 15.4. The Morgan fingerprint density at radius 3 is 2.84 bits per heavy atom. The number of halogens is 3. The molecule has 0 bridgehead atoms. The predicted octanol–water partition coefficient (Wildman–Crippen LogP) is 5.00. The van der Waals surface area contributed by atoms with Crippen LogP contribution in [-0.4, -0.2) is 51.6 Å². The number of nitrogens with one attached hydrogen (secondary N) is 1. The fourth-order valence-corrected chi connectivity index (χ4v) is 5.31. The molecule has 1 fully saturated rings. The van der Waals surface area contributed by atoms with E-state index in [0.29, 0.717) is 29.5 Å². The maximum absolute atomic E-state index is 14.2. The second-order valence-corrected chi connectivity index (χ2v) is 9.11. The molecule has 2 unspecified atom stereocenters. The molecule has 7 nitrogen and oxygen atoms in total. The molecule has 3 aromatic rings. The van der Waals surface area contributed by atoms with E-state index in [9.17, 15) is 4.39 Å². The highest BCUT2D eigenvalue weighted by atomic mass is 35.5. The van der Waals surface area contributed by atoms with E-state index < -0.39 is 5.82 Å². The third-order valence-corrected chi connectivity index (χ3v) is 7.09. The molecule has 0 radical (unpaired) electrons. The Kier molecular flexibility index (Phi) is 5.69. The molecule has 2 aliphatic heterocycles. The Hall–Kier alpha value is -2.42. The molecular formula is C22H24Cl2FN7. The van der Waals surface area contributed by atoms with Gasteiger partial charge in [0.25, 0.3) is 0 Å². The number of hydrogen-bond acceptors (Lipinski definition) is 6. The summed E-state index contributed by atoms with van der Waals surface area (Å²) in [6.07, 6.45) is 6.36. The second-order valence-electron chi connectivity index (χ2n) is 8.33. The van der Waals surface area contributed by atoms with E-state index in [2.05, 4.69) is 37.5 Å². The zero-order valence-corrected chi connectivity index (χ0v) is 19.4. The zero-order chi connectivity index (χ0) is 22.4. The average Bonchev–Trinajstić information content (AvgIpc) is 3.44. The van der Waals surface area contributed by atoms with Gasteiger partial charge < -0.3 is 10.2 Å². The maximum Gasteiger partial charge on any atom is 0.172 e. The Balaban J connectivity index is 1.49. The summed E-state index contributed by atoms with van der Waals surface area (Å²) in [6, 6.07) is 4.57. The summed E-state index contributed by atoms with van der Waals surface area (Å²) in [5, 5.41) is 17.2. The van der Waals surface area contributed by atoms with Gasteiger partial charge in [0, 0.05) is 35.4 Å². The summed E-state index contributed by atoms with van der Waals surface area (Å²) >= 11 is 12.7. The number of likely N-dealkylation sites (tertiary alicyclic amines) is 1. The van der Waals surface area contributed by atoms with Crippen LogP contribution in [0.25, 0.3) is 11.3 Å². The van der Waals surface area contributed by atoms with Gasteiger partial charge in [-0.2, -0.15) is 5.10 Å². The molecule has 0 saturated carbocycles. The first kappa shape index (κ1) is 21.4. The van der Waals surface area contributed by atoms with Crippen LogP contribution in [0.3, 0.4) is 0 Å². The Labute approximate surface area is 196 Å². The molecule has 1 saturated heterocycles. The van der Waals surface area contributed by atoms with Crippen molar-refractivity contribution in [2.24, 2.45) is 0 Å². The van der Waals surface area contributed by atoms with Gasteiger partial charge in [0.15, 0.2) is 5.82 Å². The van der Waals surface area contributed by atoms with Gasteiger partial charge in [0.1, 0.15) is 12.0 Å². The number of hydrogen-bond donors (Lipinski definition) is 1. The molecule has 0 amide bonds. The van der Waals surface area contributed by atoms with E-state index in [1.165, 1.54) is 12.5 Å². The third kappa shape index (κ3) is 3.70. The standard InChI is InChI=1S/C22H24Cl2FN7/c1-13(20-15(23)5-6-16(25)21(20)24)31-9-7-26-22-18(31)10-17(28-29-22)14-11-27-32(12-14)19-4-3-8-30(19)2/h5-6,10-13,19H,3-4,7-9H2,1-2H3,(H,26,29). The largest absolute Gasteiger partial charge is 0.365 e. The van der Waals surface area contributed by atoms with Crippen molar-refractivity contribution in [3.8, 4) is 11.3 Å². The molecule has 10 heteroatoms. The lowest BCUT2D eigenvalue weighted by molar-refractivity contribution is 0.220. The number of aromatic nitrogens is 4. The van der Waals surface area contributed by atoms with E-state index >= 15 is 0 Å². The highest BCUT2D eigenvalue weighted by molar-refractivity contribution is 6.36. The molecule has 4 heterocycles. The fourth-order valence-electron chi connectivity index (χ4n) is 4.63. The number of anilines is 2. The molecule has 1 N–H and O–H groups in total. The van der Waals surface area contributed by atoms with Crippen LogP contribution in [0.15, 0.2) is 30.6 Å². The van der Waals surface area contributed by atoms with E-state index in [0.717, 1.165) is 29.9 Å². The average molecular weight is 476 g/mol. The summed E-state index contributed by atoms with van der Waals surface area (Å²) in [5.41, 5.74) is 3.07. The quantitative estimate of drug-likeness (QED) is 0.535. The highest BCUT2D eigenvalue weighted by Gasteiger charge is 2.29. The maximum atomic E-state index is 14.2. The molecule has 2 atom stereocenters. The molecule has 2 aromatic heterocycles. The van der Waals surface area contributed by atoms with Crippen LogP contribution >= 0.6 is 23.2 Å². The monoisotopic (exact) mass is 475 g/mol. The molecule has 1 aromatic carbocycles. The molecule has 2 aliphatic rings. The minimum absolute atomic E-state index is 0.0503. The zero-order valence-electron chi connectivity index (χ0n) is 17.9. The fraction of sp³-hybridized carbons (Fsp3) is 0.409. The van der Waals surface area contributed by atoms with Crippen LogP contribution < -0.4 is 10.2 Å². The van der Waals surface area contributed by atoms with Gasteiger partial charge in [0.05, 0.1) is 28.6 Å². The van der Waals surface area contributed by atoms with Crippen molar-refractivity contribution in [2.45, 2.75) is 32.0 Å². The van der Waals surface area contributed by atoms with Crippen LogP contribution in [-0.2, 0) is 0 Å². The molecule has 168 valence electrons. The minimum atomic E-state index is -0.480. The van der Waals surface area contributed by atoms with Crippen molar-refractivity contribution < 1.29 is 4.39 Å². The van der Waals surface area contributed by atoms with Gasteiger partial charge in [0.2, 0.25) is 0 Å². The Bertz CT molecular complexity index is 1150. The van der Waals surface area contributed by atoms with Crippen molar-refractivity contribution in [2.75, 3.05) is 36.9 Å². The van der Waals surface area contributed by atoms with Gasteiger partial charge in [-0.1, -0.05) is 23.2 Å². The Morgan fingerprint density at radius 2 is 2.06 bits per heavy atom. The lowest BCUT2D eigenvalue weighted by Crippen LogP contribution is -2.37. The van der Waals surface area contributed by atoms with E-state index in [1.807, 2.05) is 30.1 Å². The van der Waals surface area contributed by atoms with Crippen molar-refractivity contribution in [3.05, 3.63) is 52.0 Å². The summed E-state index contributed by atoms with van der Waals surface area (Å²) in [5.74, 6) is 0.199. The number of fused-ring (bicyclic) bond motifs is 1. The molecule has 32 heavy (non-hydrogen) atoms. The van der Waals surface area contributed by atoms with Crippen molar-refractivity contribution in [3.63, 3.8) is 0 Å². The normalized spacial score (nSPS) is 19.7. The number of benzene rings is 1. The molecule has 0 aliphatic carbocycles. The van der Waals surface area contributed by atoms with Crippen LogP contribution in [0.4, 0.5) is 15.9 Å². The van der Waals surface area contributed by atoms with Crippen molar-refractivity contribution in [1.29, 1.82) is 0 Å². The minimum Gasteiger partial charge on any atom is -0.365 e. The van der Waals surface area contributed by atoms with Crippen LogP contribution in [0.2, 0.25) is 10.0 Å². The topological polar surface area (TPSA) is 62.1 Å². The lowest BCUT2D eigenvalue weighted by Gasteiger charge is -2.36. The van der Waals surface area contributed by atoms with Crippen LogP contribution in [0.1, 0.15) is 37.5 Å². The van der Waals surface area contributed by atoms with Crippen LogP contribution in [0.5, 0.6) is 0 Å². The second kappa shape index (κ2) is 8.50. The lowest BCUT2D eigenvalue weighted by atomic mass is 10.0. The summed E-state index contributed by atoms with van der Waals surface area (Å²) < 4.78 is 16.2. The molecule has 0 spiro atoms.